The van der Waals surface area contributed by atoms with Gasteiger partial charge in [-0.1, -0.05) is 35.9 Å². The maximum Gasteiger partial charge on any atom is 0.0901 e. The first-order chi connectivity index (χ1) is 7.75. The van der Waals surface area contributed by atoms with Gasteiger partial charge in [-0.05, 0) is 36.8 Å². The van der Waals surface area contributed by atoms with Crippen LogP contribution in [0.2, 0.25) is 5.02 Å². The van der Waals surface area contributed by atoms with Crippen molar-refractivity contribution in [1.82, 2.24) is 0 Å². The third-order valence-corrected chi connectivity index (χ3v) is 2.44. The molecule has 0 saturated heterocycles. The van der Waals surface area contributed by atoms with Crippen LogP contribution in [-0.2, 0) is 0 Å². The summed E-state index contributed by atoms with van der Waals surface area (Å²) in [5.41, 5.74) is 2.70. The lowest BCUT2D eigenvalue weighted by molar-refractivity contribution is 1.21. The number of hydrogen-bond acceptors (Lipinski definition) is 2. The monoisotopic (exact) mass is 230 g/mol. The van der Waals surface area contributed by atoms with Crippen LogP contribution in [0, 0.1) is 6.92 Å². The van der Waals surface area contributed by atoms with Crippen molar-refractivity contribution in [3.8, 4) is 0 Å². The van der Waals surface area contributed by atoms with Gasteiger partial charge in [0.05, 0.1) is 11.4 Å². The average Bonchev–Trinajstić information content (AvgIpc) is 2.32. The molecule has 80 valence electrons. The highest BCUT2D eigenvalue weighted by Crippen LogP contribution is 2.25. The van der Waals surface area contributed by atoms with Crippen LogP contribution in [-0.4, -0.2) is 0 Å². The summed E-state index contributed by atoms with van der Waals surface area (Å²) in [6.45, 7) is 1.98. The van der Waals surface area contributed by atoms with E-state index in [4.69, 9.17) is 11.6 Å². The first-order valence-electron chi connectivity index (χ1n) is 4.98. The molecule has 0 spiro atoms. The minimum atomic E-state index is 0.674. The van der Waals surface area contributed by atoms with Gasteiger partial charge >= 0.3 is 0 Å². The van der Waals surface area contributed by atoms with Gasteiger partial charge in [0, 0.05) is 5.02 Å². The van der Waals surface area contributed by atoms with Gasteiger partial charge in [0.15, 0.2) is 0 Å². The summed E-state index contributed by atoms with van der Waals surface area (Å²) < 4.78 is 0. The van der Waals surface area contributed by atoms with E-state index in [0.717, 1.165) is 16.9 Å². The lowest BCUT2D eigenvalue weighted by atomic mass is 10.2. The highest BCUT2D eigenvalue weighted by molar-refractivity contribution is 6.30. The molecule has 0 atom stereocenters. The quantitative estimate of drug-likeness (QED) is 0.644. The topological polar surface area (TPSA) is 24.7 Å². The minimum absolute atomic E-state index is 0.674. The molecule has 0 radical (unpaired) electrons. The van der Waals surface area contributed by atoms with E-state index in [0.29, 0.717) is 5.02 Å². The van der Waals surface area contributed by atoms with E-state index in [1.807, 2.05) is 55.5 Å². The fraction of sp³-hybridized carbons (Fsp3) is 0.0769. The van der Waals surface area contributed by atoms with Gasteiger partial charge in [0.25, 0.3) is 0 Å². The van der Waals surface area contributed by atoms with Crippen LogP contribution in [0.25, 0.3) is 0 Å². The summed E-state index contributed by atoms with van der Waals surface area (Å²) in [5.74, 6) is 0. The van der Waals surface area contributed by atoms with Crippen LogP contribution in [0.4, 0.5) is 11.4 Å². The van der Waals surface area contributed by atoms with Crippen LogP contribution >= 0.6 is 11.6 Å². The van der Waals surface area contributed by atoms with Crippen molar-refractivity contribution in [1.29, 1.82) is 0 Å². The molecule has 2 aromatic carbocycles. The van der Waals surface area contributed by atoms with E-state index in [-0.39, 0.29) is 0 Å². The smallest absolute Gasteiger partial charge is 0.0901 e. The summed E-state index contributed by atoms with van der Waals surface area (Å²) in [7, 11) is 0. The largest absolute Gasteiger partial charge is 0.151 e. The molecule has 0 heterocycles. The molecule has 0 fully saturated rings. The van der Waals surface area contributed by atoms with Gasteiger partial charge in [0.2, 0.25) is 0 Å². The zero-order valence-electron chi connectivity index (χ0n) is 8.89. The predicted molar refractivity (Wildman–Crippen MR) is 66.8 cm³/mol. The Kier molecular flexibility index (Phi) is 3.32. The van der Waals surface area contributed by atoms with Crippen molar-refractivity contribution in [2.45, 2.75) is 6.92 Å². The summed E-state index contributed by atoms with van der Waals surface area (Å²) in [4.78, 5) is 0. The molecular weight excluding hydrogens is 220 g/mol. The molecule has 3 heteroatoms. The van der Waals surface area contributed by atoms with Gasteiger partial charge in [-0.25, -0.2) is 0 Å². The van der Waals surface area contributed by atoms with E-state index < -0.39 is 0 Å². The van der Waals surface area contributed by atoms with Crippen molar-refractivity contribution in [2.24, 2.45) is 10.2 Å². The third kappa shape index (κ3) is 2.67. The van der Waals surface area contributed by atoms with Crippen molar-refractivity contribution < 1.29 is 0 Å². The van der Waals surface area contributed by atoms with E-state index in [1.165, 1.54) is 0 Å². The maximum absolute atomic E-state index is 5.90. The highest BCUT2D eigenvalue weighted by atomic mass is 35.5. The molecule has 0 N–H and O–H groups in total. The number of benzene rings is 2. The summed E-state index contributed by atoms with van der Waals surface area (Å²) in [5, 5.41) is 9.00. The molecule has 0 unspecified atom stereocenters. The summed E-state index contributed by atoms with van der Waals surface area (Å²) in [6, 6.07) is 15.2. The third-order valence-electron chi connectivity index (χ3n) is 2.20. The zero-order valence-corrected chi connectivity index (χ0v) is 9.65. The Balaban J connectivity index is 2.27. The summed E-state index contributed by atoms with van der Waals surface area (Å²) in [6.07, 6.45) is 0. The highest BCUT2D eigenvalue weighted by Gasteiger charge is 1.97. The lowest BCUT2D eigenvalue weighted by Crippen LogP contribution is -1.73. The Hall–Kier alpha value is -1.67. The second kappa shape index (κ2) is 4.90. The molecule has 2 aromatic rings. The number of aryl methyl sites for hydroxylation is 1. The van der Waals surface area contributed by atoms with Crippen molar-refractivity contribution >= 4 is 23.0 Å². The molecule has 0 amide bonds. The van der Waals surface area contributed by atoms with Gasteiger partial charge < -0.3 is 0 Å². The van der Waals surface area contributed by atoms with Crippen LogP contribution in [0.15, 0.2) is 58.8 Å². The lowest BCUT2D eigenvalue weighted by Gasteiger charge is -1.98. The summed E-state index contributed by atoms with van der Waals surface area (Å²) >= 11 is 5.90. The minimum Gasteiger partial charge on any atom is -0.151 e. The van der Waals surface area contributed by atoms with Crippen LogP contribution in [0.3, 0.4) is 0 Å². The molecule has 0 aliphatic rings. The normalized spacial score (nSPS) is 10.9. The Labute approximate surface area is 99.6 Å². The molecule has 2 rings (SSSR count). The van der Waals surface area contributed by atoms with E-state index in [1.54, 1.807) is 0 Å². The Morgan fingerprint density at radius 2 is 1.69 bits per heavy atom. The number of halogens is 1. The molecule has 16 heavy (non-hydrogen) atoms. The molecule has 0 aliphatic carbocycles. The second-order valence-corrected chi connectivity index (χ2v) is 3.90. The SMILES string of the molecule is Cc1ccc(Cl)cc1/N=N/c1ccccc1. The van der Waals surface area contributed by atoms with Crippen molar-refractivity contribution in [2.75, 3.05) is 0 Å². The van der Waals surface area contributed by atoms with Gasteiger partial charge in [0.1, 0.15) is 0 Å². The molecular formula is C13H11ClN2. The Morgan fingerprint density at radius 1 is 0.938 bits per heavy atom. The van der Waals surface area contributed by atoms with E-state index in [9.17, 15) is 0 Å². The molecule has 0 aliphatic heterocycles. The predicted octanol–water partition coefficient (Wildman–Crippen LogP) is 5.06. The fourth-order valence-electron chi connectivity index (χ4n) is 1.30. The zero-order chi connectivity index (χ0) is 11.4. The van der Waals surface area contributed by atoms with Crippen molar-refractivity contribution in [3.05, 3.63) is 59.1 Å². The van der Waals surface area contributed by atoms with Crippen molar-refractivity contribution in [3.63, 3.8) is 0 Å². The van der Waals surface area contributed by atoms with Crippen LogP contribution < -0.4 is 0 Å². The first kappa shape index (κ1) is 10.8. The molecule has 0 aromatic heterocycles. The number of azo groups is 1. The van der Waals surface area contributed by atoms with Crippen LogP contribution in [0.1, 0.15) is 5.56 Å². The Bertz CT molecular complexity index is 507. The molecule has 0 saturated carbocycles. The van der Waals surface area contributed by atoms with E-state index in [2.05, 4.69) is 10.2 Å². The molecule has 2 nitrogen and oxygen atoms in total. The van der Waals surface area contributed by atoms with Crippen LogP contribution in [0.5, 0.6) is 0 Å². The van der Waals surface area contributed by atoms with Gasteiger partial charge in [-0.3, -0.25) is 0 Å². The average molecular weight is 231 g/mol. The maximum atomic E-state index is 5.90. The number of nitrogens with zero attached hydrogens (tertiary/aromatic N) is 2. The second-order valence-electron chi connectivity index (χ2n) is 3.47. The molecule has 0 bridgehead atoms. The first-order valence-corrected chi connectivity index (χ1v) is 5.36. The number of hydrogen-bond donors (Lipinski definition) is 0. The van der Waals surface area contributed by atoms with E-state index >= 15 is 0 Å². The van der Waals surface area contributed by atoms with Gasteiger partial charge in [-0.15, -0.1) is 0 Å². The fourth-order valence-corrected chi connectivity index (χ4v) is 1.46. The Morgan fingerprint density at radius 3 is 2.44 bits per heavy atom. The number of rotatable bonds is 2. The standard InChI is InChI=1S/C13H11ClN2/c1-10-7-8-11(14)9-13(10)16-15-12-5-3-2-4-6-12/h2-9H,1H3/b16-15+. The van der Waals surface area contributed by atoms with Gasteiger partial charge in [-0.2, -0.15) is 10.2 Å².